The van der Waals surface area contributed by atoms with E-state index in [-0.39, 0.29) is 18.4 Å². The average Bonchev–Trinajstić information content (AvgIpc) is 2.55. The molecule has 4 nitrogen and oxygen atoms in total. The number of hydrogen-bond acceptors (Lipinski definition) is 3. The molecular formula is C8H12N2O2. The Morgan fingerprint density at radius 2 is 2.58 bits per heavy atom. The van der Waals surface area contributed by atoms with Crippen LogP contribution in [0.4, 0.5) is 0 Å². The van der Waals surface area contributed by atoms with Crippen LogP contribution in [0.2, 0.25) is 0 Å². The van der Waals surface area contributed by atoms with Crippen LogP contribution in [0.1, 0.15) is 6.42 Å². The highest BCUT2D eigenvalue weighted by Crippen LogP contribution is 2.14. The third kappa shape index (κ3) is 1.95. The van der Waals surface area contributed by atoms with Crippen LogP contribution in [-0.2, 0) is 9.53 Å². The smallest absolute Gasteiger partial charge is 0.228 e. The summed E-state index contributed by atoms with van der Waals surface area (Å²) >= 11 is 0. The highest BCUT2D eigenvalue weighted by molar-refractivity contribution is 5.79. The molecule has 1 atom stereocenters. The molecule has 0 aromatic heterocycles. The van der Waals surface area contributed by atoms with E-state index in [2.05, 4.69) is 0 Å². The van der Waals surface area contributed by atoms with Crippen LogP contribution in [0.15, 0.2) is 0 Å². The quantitative estimate of drug-likeness (QED) is 0.545. The van der Waals surface area contributed by atoms with Crippen molar-refractivity contribution in [2.75, 3.05) is 26.8 Å². The predicted molar refractivity (Wildman–Crippen MR) is 42.2 cm³/mol. The van der Waals surface area contributed by atoms with Crippen LogP contribution >= 0.6 is 0 Å². The lowest BCUT2D eigenvalue weighted by Crippen LogP contribution is -2.33. The zero-order valence-corrected chi connectivity index (χ0v) is 7.12. The normalized spacial score (nSPS) is 21.8. The highest BCUT2D eigenvalue weighted by Gasteiger charge is 2.25. The van der Waals surface area contributed by atoms with Gasteiger partial charge in [-0.1, -0.05) is 0 Å². The first-order valence-corrected chi connectivity index (χ1v) is 3.95. The van der Waals surface area contributed by atoms with Crippen LogP contribution in [-0.4, -0.2) is 37.6 Å². The third-order valence-corrected chi connectivity index (χ3v) is 1.96. The van der Waals surface area contributed by atoms with Crippen LogP contribution in [0.3, 0.4) is 0 Å². The minimum Gasteiger partial charge on any atom is -0.381 e. The molecule has 1 amide bonds. The molecule has 0 N–H and O–H groups in total. The maximum Gasteiger partial charge on any atom is 0.228 e. The van der Waals surface area contributed by atoms with Gasteiger partial charge in [0.05, 0.1) is 18.6 Å². The summed E-state index contributed by atoms with van der Waals surface area (Å²) in [4.78, 5) is 12.9. The van der Waals surface area contributed by atoms with Gasteiger partial charge in [-0.3, -0.25) is 4.79 Å². The number of nitrogens with zero attached hydrogens (tertiary/aromatic N) is 2. The Hall–Kier alpha value is -1.08. The van der Waals surface area contributed by atoms with Gasteiger partial charge in [0.2, 0.25) is 5.91 Å². The highest BCUT2D eigenvalue weighted by atomic mass is 16.5. The van der Waals surface area contributed by atoms with E-state index in [0.29, 0.717) is 13.2 Å². The van der Waals surface area contributed by atoms with Crippen molar-refractivity contribution in [1.82, 2.24) is 4.90 Å². The fourth-order valence-corrected chi connectivity index (χ4v) is 1.22. The van der Waals surface area contributed by atoms with Crippen molar-refractivity contribution in [3.63, 3.8) is 0 Å². The molecule has 1 fully saturated rings. The molecule has 0 saturated carbocycles. The van der Waals surface area contributed by atoms with Crippen molar-refractivity contribution in [3.05, 3.63) is 0 Å². The molecule has 1 rings (SSSR count). The molecule has 1 saturated heterocycles. The van der Waals surface area contributed by atoms with Crippen LogP contribution in [0, 0.1) is 17.2 Å². The van der Waals surface area contributed by atoms with Gasteiger partial charge < -0.3 is 9.64 Å². The molecule has 1 aliphatic heterocycles. The second-order valence-electron chi connectivity index (χ2n) is 2.91. The molecule has 1 heterocycles. The molecule has 4 heteroatoms. The van der Waals surface area contributed by atoms with Gasteiger partial charge in [-0.25, -0.2) is 0 Å². The van der Waals surface area contributed by atoms with Crippen LogP contribution in [0.5, 0.6) is 0 Å². The first kappa shape index (κ1) is 9.01. The summed E-state index contributed by atoms with van der Waals surface area (Å²) in [6.07, 6.45) is 0.786. The standard InChI is InChI=1S/C8H12N2O2/c1-10(4-3-9)8(11)7-2-5-12-6-7/h7H,2,4-6H2,1H3. The lowest BCUT2D eigenvalue weighted by atomic mass is 10.1. The van der Waals surface area contributed by atoms with Crippen molar-refractivity contribution in [1.29, 1.82) is 5.26 Å². The van der Waals surface area contributed by atoms with Gasteiger partial charge in [0, 0.05) is 13.7 Å². The van der Waals surface area contributed by atoms with Crippen LogP contribution in [0.25, 0.3) is 0 Å². The van der Waals surface area contributed by atoms with E-state index in [1.54, 1.807) is 7.05 Å². The summed E-state index contributed by atoms with van der Waals surface area (Å²) in [6.45, 7) is 1.33. The van der Waals surface area contributed by atoms with E-state index in [1.807, 2.05) is 6.07 Å². The summed E-state index contributed by atoms with van der Waals surface area (Å²) in [6, 6.07) is 1.94. The zero-order valence-electron chi connectivity index (χ0n) is 7.12. The summed E-state index contributed by atoms with van der Waals surface area (Å²) < 4.78 is 5.08. The maximum absolute atomic E-state index is 11.4. The van der Waals surface area contributed by atoms with E-state index in [0.717, 1.165) is 6.42 Å². The number of nitriles is 1. The maximum atomic E-state index is 11.4. The van der Waals surface area contributed by atoms with E-state index in [9.17, 15) is 4.79 Å². The van der Waals surface area contributed by atoms with E-state index in [1.165, 1.54) is 4.90 Å². The van der Waals surface area contributed by atoms with Crippen LogP contribution < -0.4 is 0 Å². The fraction of sp³-hybridized carbons (Fsp3) is 0.750. The Bertz CT molecular complexity index is 204. The summed E-state index contributed by atoms with van der Waals surface area (Å²) in [5.41, 5.74) is 0. The number of rotatable bonds is 2. The minimum absolute atomic E-state index is 0.0223. The second kappa shape index (κ2) is 4.07. The van der Waals surface area contributed by atoms with Crippen molar-refractivity contribution in [2.45, 2.75) is 6.42 Å². The summed E-state index contributed by atoms with van der Waals surface area (Å²) in [7, 11) is 1.64. The lowest BCUT2D eigenvalue weighted by molar-refractivity contribution is -0.133. The molecule has 1 unspecified atom stereocenters. The molecule has 0 radical (unpaired) electrons. The van der Waals surface area contributed by atoms with Gasteiger partial charge in [0.1, 0.15) is 6.54 Å². The second-order valence-corrected chi connectivity index (χ2v) is 2.91. The minimum atomic E-state index is -0.0247. The van der Waals surface area contributed by atoms with Crippen molar-refractivity contribution < 1.29 is 9.53 Å². The molecule has 1 aliphatic rings. The first-order valence-electron chi connectivity index (χ1n) is 3.95. The van der Waals surface area contributed by atoms with Gasteiger partial charge in [0.25, 0.3) is 0 Å². The van der Waals surface area contributed by atoms with Gasteiger partial charge in [-0.2, -0.15) is 5.26 Å². The topological polar surface area (TPSA) is 53.3 Å². The Morgan fingerprint density at radius 3 is 3.08 bits per heavy atom. The Kier molecular flexibility index (Phi) is 3.06. The van der Waals surface area contributed by atoms with E-state index < -0.39 is 0 Å². The lowest BCUT2D eigenvalue weighted by Gasteiger charge is -2.16. The number of carbonyl (C=O) groups excluding carboxylic acids is 1. The summed E-state index contributed by atoms with van der Waals surface area (Å²) in [5.74, 6) is -0.00241. The summed E-state index contributed by atoms with van der Waals surface area (Å²) in [5, 5.41) is 8.35. The Balaban J connectivity index is 2.41. The fourth-order valence-electron chi connectivity index (χ4n) is 1.22. The van der Waals surface area contributed by atoms with Gasteiger partial charge in [-0.05, 0) is 6.42 Å². The first-order chi connectivity index (χ1) is 5.75. The van der Waals surface area contributed by atoms with Gasteiger partial charge in [0.15, 0.2) is 0 Å². The van der Waals surface area contributed by atoms with Gasteiger partial charge >= 0.3 is 0 Å². The molecule has 0 bridgehead atoms. The zero-order chi connectivity index (χ0) is 8.97. The van der Waals surface area contributed by atoms with Crippen molar-refractivity contribution >= 4 is 5.91 Å². The van der Waals surface area contributed by atoms with Gasteiger partial charge in [-0.15, -0.1) is 0 Å². The average molecular weight is 168 g/mol. The molecule has 0 aromatic carbocycles. The Morgan fingerprint density at radius 1 is 1.83 bits per heavy atom. The Labute approximate surface area is 71.7 Å². The van der Waals surface area contributed by atoms with Crippen molar-refractivity contribution in [2.24, 2.45) is 5.92 Å². The number of carbonyl (C=O) groups is 1. The largest absolute Gasteiger partial charge is 0.381 e. The van der Waals surface area contributed by atoms with Crippen molar-refractivity contribution in [3.8, 4) is 6.07 Å². The molecule has 0 aliphatic carbocycles. The number of hydrogen-bond donors (Lipinski definition) is 0. The molecular weight excluding hydrogens is 156 g/mol. The van der Waals surface area contributed by atoms with E-state index >= 15 is 0 Å². The predicted octanol–water partition coefficient (Wildman–Crippen LogP) is 0.00488. The van der Waals surface area contributed by atoms with E-state index in [4.69, 9.17) is 10.00 Å². The molecule has 12 heavy (non-hydrogen) atoms. The SMILES string of the molecule is CN(CC#N)C(=O)C1CCOC1. The number of ether oxygens (including phenoxy) is 1. The third-order valence-electron chi connectivity index (χ3n) is 1.96. The monoisotopic (exact) mass is 168 g/mol. The molecule has 0 spiro atoms. The molecule has 66 valence electrons. The molecule has 0 aromatic rings. The number of amides is 1.